The van der Waals surface area contributed by atoms with Crippen molar-refractivity contribution in [3.05, 3.63) is 53.1 Å². The Morgan fingerprint density at radius 1 is 1.35 bits per heavy atom. The van der Waals surface area contributed by atoms with Gasteiger partial charge in [-0.3, -0.25) is 4.79 Å². The highest BCUT2D eigenvalue weighted by molar-refractivity contribution is 7.08. The maximum atomic E-state index is 11.8. The minimum absolute atomic E-state index is 0.0919. The first-order valence-electron chi connectivity index (χ1n) is 5.09. The topological polar surface area (TPSA) is 46.4 Å². The van der Waals surface area contributed by atoms with E-state index in [1.54, 1.807) is 12.3 Å². The molecule has 4 nitrogen and oxygen atoms in total. The molecule has 0 fully saturated rings. The van der Waals surface area contributed by atoms with Crippen LogP contribution in [-0.2, 0) is 0 Å². The highest BCUT2D eigenvalue weighted by Crippen LogP contribution is 2.12. The lowest BCUT2D eigenvalue weighted by Crippen LogP contribution is -2.11. The predicted octanol–water partition coefficient (Wildman–Crippen LogP) is 2.65. The third-order valence-electron chi connectivity index (χ3n) is 2.43. The molecule has 3 heterocycles. The summed E-state index contributed by atoms with van der Waals surface area (Å²) in [7, 11) is 0. The Balaban J connectivity index is 1.87. The van der Waals surface area contributed by atoms with Crippen LogP contribution < -0.4 is 5.32 Å². The molecule has 17 heavy (non-hydrogen) atoms. The monoisotopic (exact) mass is 243 g/mol. The van der Waals surface area contributed by atoms with Gasteiger partial charge >= 0.3 is 0 Å². The molecule has 0 aliphatic heterocycles. The number of pyridine rings is 1. The summed E-state index contributed by atoms with van der Waals surface area (Å²) >= 11 is 1.51. The van der Waals surface area contributed by atoms with E-state index in [1.807, 2.05) is 39.7 Å². The van der Waals surface area contributed by atoms with Gasteiger partial charge in [-0.05, 0) is 23.6 Å². The van der Waals surface area contributed by atoms with E-state index < -0.39 is 0 Å². The van der Waals surface area contributed by atoms with Crippen molar-refractivity contribution in [3.63, 3.8) is 0 Å². The number of nitrogens with zero attached hydrogens (tertiary/aromatic N) is 2. The summed E-state index contributed by atoms with van der Waals surface area (Å²) < 4.78 is 1.86. The summed E-state index contributed by atoms with van der Waals surface area (Å²) in [6.07, 6.45) is 5.40. The number of fused-ring (bicyclic) bond motifs is 1. The zero-order chi connectivity index (χ0) is 11.7. The van der Waals surface area contributed by atoms with Crippen LogP contribution in [0.15, 0.2) is 47.5 Å². The highest BCUT2D eigenvalue weighted by atomic mass is 32.1. The summed E-state index contributed by atoms with van der Waals surface area (Å²) in [6.45, 7) is 0. The van der Waals surface area contributed by atoms with Gasteiger partial charge < -0.3 is 9.72 Å². The average molecular weight is 243 g/mol. The second kappa shape index (κ2) is 4.03. The Morgan fingerprint density at radius 3 is 3.12 bits per heavy atom. The number of thiophene rings is 1. The van der Waals surface area contributed by atoms with Gasteiger partial charge in [0, 0.05) is 24.0 Å². The van der Waals surface area contributed by atoms with Crippen LogP contribution in [0.1, 0.15) is 10.4 Å². The van der Waals surface area contributed by atoms with Gasteiger partial charge in [0.15, 0.2) is 0 Å². The Labute approximate surface area is 102 Å². The molecule has 0 aliphatic carbocycles. The van der Waals surface area contributed by atoms with E-state index in [2.05, 4.69) is 10.3 Å². The molecule has 0 unspecified atom stereocenters. The van der Waals surface area contributed by atoms with E-state index >= 15 is 0 Å². The molecule has 0 atom stereocenters. The number of aromatic nitrogens is 2. The maximum absolute atomic E-state index is 11.8. The average Bonchev–Trinajstić information content (AvgIpc) is 2.99. The van der Waals surface area contributed by atoms with Gasteiger partial charge in [0.05, 0.1) is 11.3 Å². The van der Waals surface area contributed by atoms with Gasteiger partial charge in [-0.1, -0.05) is 0 Å². The molecule has 0 aromatic carbocycles. The molecule has 0 saturated carbocycles. The number of rotatable bonds is 2. The van der Waals surface area contributed by atoms with Crippen LogP contribution in [0.4, 0.5) is 5.69 Å². The van der Waals surface area contributed by atoms with Crippen molar-refractivity contribution in [1.29, 1.82) is 0 Å². The molecule has 1 amide bonds. The molecule has 5 heteroatoms. The largest absolute Gasteiger partial charge is 0.321 e. The SMILES string of the molecule is O=C(Nc1ccc2nccn2c1)c1ccsc1. The summed E-state index contributed by atoms with van der Waals surface area (Å²) in [6, 6.07) is 5.51. The van der Waals surface area contributed by atoms with Crippen LogP contribution >= 0.6 is 11.3 Å². The van der Waals surface area contributed by atoms with E-state index in [1.165, 1.54) is 11.3 Å². The fourth-order valence-corrected chi connectivity index (χ4v) is 2.23. The molecule has 3 aromatic rings. The Hall–Kier alpha value is -2.14. The summed E-state index contributed by atoms with van der Waals surface area (Å²) in [4.78, 5) is 16.0. The van der Waals surface area contributed by atoms with Crippen molar-refractivity contribution in [1.82, 2.24) is 9.38 Å². The molecule has 0 bridgehead atoms. The Morgan fingerprint density at radius 2 is 2.29 bits per heavy atom. The number of carbonyl (C=O) groups excluding carboxylic acids is 1. The first kappa shape index (κ1) is 10.0. The number of anilines is 1. The lowest BCUT2D eigenvalue weighted by Gasteiger charge is -2.04. The van der Waals surface area contributed by atoms with E-state index in [9.17, 15) is 4.79 Å². The molecule has 0 radical (unpaired) electrons. The number of nitrogens with one attached hydrogen (secondary N) is 1. The molecule has 0 spiro atoms. The Bertz CT molecular complexity index is 657. The maximum Gasteiger partial charge on any atom is 0.256 e. The van der Waals surface area contributed by atoms with Crippen molar-refractivity contribution in [2.75, 3.05) is 5.32 Å². The third-order valence-corrected chi connectivity index (χ3v) is 3.11. The zero-order valence-electron chi connectivity index (χ0n) is 8.83. The van der Waals surface area contributed by atoms with Gasteiger partial charge in [0.2, 0.25) is 0 Å². The molecule has 3 aromatic heterocycles. The number of imidazole rings is 1. The van der Waals surface area contributed by atoms with Crippen LogP contribution in [0.25, 0.3) is 5.65 Å². The molecule has 84 valence electrons. The lowest BCUT2D eigenvalue weighted by molar-refractivity contribution is 0.102. The first-order chi connectivity index (χ1) is 8.33. The lowest BCUT2D eigenvalue weighted by atomic mass is 10.3. The molecule has 1 N–H and O–H groups in total. The molecular formula is C12H9N3OS. The van der Waals surface area contributed by atoms with Crippen LogP contribution in [0, 0.1) is 0 Å². The van der Waals surface area contributed by atoms with Crippen LogP contribution in [-0.4, -0.2) is 15.3 Å². The van der Waals surface area contributed by atoms with E-state index in [4.69, 9.17) is 0 Å². The van der Waals surface area contributed by atoms with Gasteiger partial charge in [-0.2, -0.15) is 11.3 Å². The minimum Gasteiger partial charge on any atom is -0.321 e. The number of amides is 1. The fourth-order valence-electron chi connectivity index (χ4n) is 1.59. The normalized spacial score (nSPS) is 10.6. The smallest absolute Gasteiger partial charge is 0.256 e. The fraction of sp³-hybridized carbons (Fsp3) is 0. The van der Waals surface area contributed by atoms with Crippen LogP contribution in [0.2, 0.25) is 0 Å². The van der Waals surface area contributed by atoms with Gasteiger partial charge in [-0.15, -0.1) is 0 Å². The zero-order valence-corrected chi connectivity index (χ0v) is 9.65. The summed E-state index contributed by atoms with van der Waals surface area (Å²) in [5.74, 6) is -0.0919. The Kier molecular flexibility index (Phi) is 2.38. The second-order valence-corrected chi connectivity index (χ2v) is 4.36. The number of hydrogen-bond donors (Lipinski definition) is 1. The molecule has 0 saturated heterocycles. The third kappa shape index (κ3) is 1.92. The van der Waals surface area contributed by atoms with Gasteiger partial charge in [0.1, 0.15) is 5.65 Å². The molecule has 0 aliphatic rings. The first-order valence-corrected chi connectivity index (χ1v) is 6.03. The van der Waals surface area contributed by atoms with E-state index in [-0.39, 0.29) is 5.91 Å². The standard InChI is InChI=1S/C12H9N3OS/c16-12(9-3-6-17-8-9)14-10-1-2-11-13-4-5-15(11)7-10/h1-8H,(H,14,16). The summed E-state index contributed by atoms with van der Waals surface area (Å²) in [5.41, 5.74) is 2.30. The van der Waals surface area contributed by atoms with Crippen molar-refractivity contribution < 1.29 is 4.79 Å². The number of carbonyl (C=O) groups is 1. The van der Waals surface area contributed by atoms with Gasteiger partial charge in [-0.25, -0.2) is 4.98 Å². The highest BCUT2D eigenvalue weighted by Gasteiger charge is 2.06. The predicted molar refractivity (Wildman–Crippen MR) is 67.5 cm³/mol. The molecular weight excluding hydrogens is 234 g/mol. The quantitative estimate of drug-likeness (QED) is 0.752. The summed E-state index contributed by atoms with van der Waals surface area (Å²) in [5, 5.41) is 6.55. The van der Waals surface area contributed by atoms with Crippen molar-refractivity contribution in [3.8, 4) is 0 Å². The molecule has 3 rings (SSSR count). The van der Waals surface area contributed by atoms with Crippen LogP contribution in [0.3, 0.4) is 0 Å². The minimum atomic E-state index is -0.0919. The number of hydrogen-bond acceptors (Lipinski definition) is 3. The van der Waals surface area contributed by atoms with Crippen molar-refractivity contribution in [2.24, 2.45) is 0 Å². The second-order valence-electron chi connectivity index (χ2n) is 3.58. The van der Waals surface area contributed by atoms with Crippen molar-refractivity contribution in [2.45, 2.75) is 0 Å². The van der Waals surface area contributed by atoms with E-state index in [0.29, 0.717) is 5.56 Å². The van der Waals surface area contributed by atoms with Gasteiger partial charge in [0.25, 0.3) is 5.91 Å². The van der Waals surface area contributed by atoms with E-state index in [0.717, 1.165) is 11.3 Å². The van der Waals surface area contributed by atoms with Crippen LogP contribution in [0.5, 0.6) is 0 Å². The van der Waals surface area contributed by atoms with Crippen molar-refractivity contribution >= 4 is 28.6 Å².